The number of anilines is 1. The third kappa shape index (κ3) is 2.50. The maximum absolute atomic E-state index is 4.69. The molecule has 1 aliphatic heterocycles. The molecule has 98 valence electrons. The zero-order chi connectivity index (χ0) is 13.4. The summed E-state index contributed by atoms with van der Waals surface area (Å²) in [7, 11) is 0. The van der Waals surface area contributed by atoms with Crippen molar-refractivity contribution in [2.45, 2.75) is 26.8 Å². The third-order valence-corrected chi connectivity index (χ3v) is 3.95. The summed E-state index contributed by atoms with van der Waals surface area (Å²) in [6.07, 6.45) is 2.86. The molecule has 1 aliphatic rings. The number of pyridine rings is 2. The minimum Gasteiger partial charge on any atom is -0.352 e. The quantitative estimate of drug-likeness (QED) is 0.807. The third-order valence-electron chi connectivity index (χ3n) is 3.52. The Balaban J connectivity index is 1.95. The highest BCUT2D eigenvalue weighted by atomic mass is 79.9. The van der Waals surface area contributed by atoms with E-state index in [1.807, 2.05) is 13.1 Å². The van der Waals surface area contributed by atoms with E-state index >= 15 is 0 Å². The maximum Gasteiger partial charge on any atom is 0.132 e. The van der Waals surface area contributed by atoms with Crippen molar-refractivity contribution in [1.29, 1.82) is 0 Å². The fourth-order valence-electron chi connectivity index (χ4n) is 2.51. The Bertz CT molecular complexity index is 625. The van der Waals surface area contributed by atoms with Crippen LogP contribution in [0.4, 0.5) is 5.82 Å². The van der Waals surface area contributed by atoms with E-state index in [0.29, 0.717) is 0 Å². The molecular formula is C15H16BrN3. The predicted octanol–water partition coefficient (Wildman–Crippen LogP) is 3.42. The molecule has 0 amide bonds. The van der Waals surface area contributed by atoms with Crippen LogP contribution in [0.25, 0.3) is 0 Å². The van der Waals surface area contributed by atoms with Crippen LogP contribution >= 0.6 is 15.9 Å². The molecule has 3 nitrogen and oxygen atoms in total. The first kappa shape index (κ1) is 12.6. The molecule has 0 N–H and O–H groups in total. The van der Waals surface area contributed by atoms with Gasteiger partial charge in [0.25, 0.3) is 0 Å². The van der Waals surface area contributed by atoms with Crippen molar-refractivity contribution in [2.75, 3.05) is 11.4 Å². The van der Waals surface area contributed by atoms with Gasteiger partial charge in [-0.2, -0.15) is 0 Å². The second kappa shape index (κ2) is 4.93. The van der Waals surface area contributed by atoms with E-state index in [1.165, 1.54) is 16.8 Å². The van der Waals surface area contributed by atoms with Crippen LogP contribution in [0.3, 0.4) is 0 Å². The smallest absolute Gasteiger partial charge is 0.132 e. The SMILES string of the molecule is Cc1ccc(C)c(N2CCc3ncc(Br)cc3C2)n1. The summed E-state index contributed by atoms with van der Waals surface area (Å²) in [5.41, 5.74) is 4.81. The molecule has 2 aromatic heterocycles. The fourth-order valence-corrected chi connectivity index (χ4v) is 2.89. The first-order chi connectivity index (χ1) is 9.13. The number of rotatable bonds is 1. The minimum atomic E-state index is 0.888. The van der Waals surface area contributed by atoms with E-state index in [4.69, 9.17) is 0 Å². The number of fused-ring (bicyclic) bond motifs is 1. The Morgan fingerprint density at radius 2 is 2.11 bits per heavy atom. The monoisotopic (exact) mass is 317 g/mol. The van der Waals surface area contributed by atoms with Crippen molar-refractivity contribution in [3.63, 3.8) is 0 Å². The van der Waals surface area contributed by atoms with Gasteiger partial charge < -0.3 is 4.90 Å². The zero-order valence-electron chi connectivity index (χ0n) is 11.2. The maximum atomic E-state index is 4.69. The molecule has 0 radical (unpaired) electrons. The van der Waals surface area contributed by atoms with Gasteiger partial charge in [-0.25, -0.2) is 4.98 Å². The Kier molecular flexibility index (Phi) is 3.27. The van der Waals surface area contributed by atoms with Gasteiger partial charge in [-0.3, -0.25) is 4.98 Å². The average Bonchev–Trinajstić information content (AvgIpc) is 2.40. The molecule has 4 heteroatoms. The van der Waals surface area contributed by atoms with E-state index in [1.54, 1.807) is 0 Å². The lowest BCUT2D eigenvalue weighted by Gasteiger charge is -2.30. The molecule has 0 fully saturated rings. The molecule has 2 aromatic rings. The van der Waals surface area contributed by atoms with Gasteiger partial charge in [-0.05, 0) is 53.0 Å². The number of aromatic nitrogens is 2. The van der Waals surface area contributed by atoms with Crippen molar-refractivity contribution >= 4 is 21.7 Å². The average molecular weight is 318 g/mol. The Morgan fingerprint density at radius 1 is 1.26 bits per heavy atom. The molecule has 3 heterocycles. The molecule has 0 atom stereocenters. The van der Waals surface area contributed by atoms with E-state index in [9.17, 15) is 0 Å². The predicted molar refractivity (Wildman–Crippen MR) is 80.4 cm³/mol. The van der Waals surface area contributed by atoms with Gasteiger partial charge in [0.15, 0.2) is 0 Å². The van der Waals surface area contributed by atoms with Gasteiger partial charge in [0.1, 0.15) is 5.82 Å². The molecule has 0 bridgehead atoms. The van der Waals surface area contributed by atoms with Gasteiger partial charge in [0.2, 0.25) is 0 Å². The topological polar surface area (TPSA) is 29.0 Å². The lowest BCUT2D eigenvalue weighted by Crippen LogP contribution is -2.32. The summed E-state index contributed by atoms with van der Waals surface area (Å²) in [6.45, 7) is 6.04. The van der Waals surface area contributed by atoms with Crippen LogP contribution in [0.2, 0.25) is 0 Å². The Morgan fingerprint density at radius 3 is 2.95 bits per heavy atom. The van der Waals surface area contributed by atoms with Crippen molar-refractivity contribution in [2.24, 2.45) is 0 Å². The number of hydrogen-bond donors (Lipinski definition) is 0. The normalized spacial score (nSPS) is 14.4. The van der Waals surface area contributed by atoms with Crippen molar-refractivity contribution in [3.8, 4) is 0 Å². The van der Waals surface area contributed by atoms with Gasteiger partial charge in [-0.15, -0.1) is 0 Å². The highest BCUT2D eigenvalue weighted by molar-refractivity contribution is 9.10. The summed E-state index contributed by atoms with van der Waals surface area (Å²) >= 11 is 3.50. The van der Waals surface area contributed by atoms with E-state index in [-0.39, 0.29) is 0 Å². The van der Waals surface area contributed by atoms with Crippen molar-refractivity contribution < 1.29 is 0 Å². The minimum absolute atomic E-state index is 0.888. The van der Waals surface area contributed by atoms with Gasteiger partial charge in [0, 0.05) is 41.6 Å². The molecule has 0 aliphatic carbocycles. The lowest BCUT2D eigenvalue weighted by molar-refractivity contribution is 0.698. The van der Waals surface area contributed by atoms with Gasteiger partial charge >= 0.3 is 0 Å². The standard InChI is InChI=1S/C15H16BrN3/c1-10-3-4-11(2)18-15(10)19-6-5-14-12(9-19)7-13(16)8-17-14/h3-4,7-8H,5-6,9H2,1-2H3. The summed E-state index contributed by atoms with van der Waals surface area (Å²) in [5.74, 6) is 1.10. The Labute approximate surface area is 121 Å². The van der Waals surface area contributed by atoms with Crippen LogP contribution in [-0.4, -0.2) is 16.5 Å². The van der Waals surface area contributed by atoms with Crippen LogP contribution in [-0.2, 0) is 13.0 Å². The molecule has 0 unspecified atom stereocenters. The van der Waals surface area contributed by atoms with E-state index in [2.05, 4.69) is 55.9 Å². The number of nitrogens with zero attached hydrogens (tertiary/aromatic N) is 3. The Hall–Kier alpha value is -1.42. The molecular weight excluding hydrogens is 302 g/mol. The van der Waals surface area contributed by atoms with Crippen molar-refractivity contribution in [1.82, 2.24) is 9.97 Å². The second-order valence-electron chi connectivity index (χ2n) is 5.02. The fraction of sp³-hybridized carbons (Fsp3) is 0.333. The molecule has 3 rings (SSSR count). The van der Waals surface area contributed by atoms with E-state index < -0.39 is 0 Å². The van der Waals surface area contributed by atoms with E-state index in [0.717, 1.165) is 35.5 Å². The number of hydrogen-bond acceptors (Lipinski definition) is 3. The largest absolute Gasteiger partial charge is 0.352 e. The summed E-state index contributed by atoms with van der Waals surface area (Å²) in [5, 5.41) is 0. The first-order valence-corrected chi connectivity index (χ1v) is 7.25. The lowest BCUT2D eigenvalue weighted by atomic mass is 10.1. The summed E-state index contributed by atoms with van der Waals surface area (Å²) in [6, 6.07) is 6.38. The highest BCUT2D eigenvalue weighted by Crippen LogP contribution is 2.26. The number of aryl methyl sites for hydroxylation is 2. The van der Waals surface area contributed by atoms with Crippen LogP contribution in [0.5, 0.6) is 0 Å². The molecule has 19 heavy (non-hydrogen) atoms. The van der Waals surface area contributed by atoms with Crippen LogP contribution in [0.15, 0.2) is 28.9 Å². The van der Waals surface area contributed by atoms with Gasteiger partial charge in [0.05, 0.1) is 0 Å². The van der Waals surface area contributed by atoms with Gasteiger partial charge in [-0.1, -0.05) is 6.07 Å². The molecule has 0 saturated heterocycles. The molecule has 0 saturated carbocycles. The highest BCUT2D eigenvalue weighted by Gasteiger charge is 2.19. The van der Waals surface area contributed by atoms with Crippen LogP contribution in [0, 0.1) is 13.8 Å². The summed E-state index contributed by atoms with van der Waals surface area (Å²) in [4.78, 5) is 11.5. The van der Waals surface area contributed by atoms with Crippen LogP contribution < -0.4 is 4.90 Å². The van der Waals surface area contributed by atoms with Crippen LogP contribution in [0.1, 0.15) is 22.5 Å². The first-order valence-electron chi connectivity index (χ1n) is 6.46. The second-order valence-corrected chi connectivity index (χ2v) is 5.94. The molecule has 0 aromatic carbocycles. The number of halogens is 1. The van der Waals surface area contributed by atoms with Crippen molar-refractivity contribution in [3.05, 3.63) is 51.4 Å². The zero-order valence-corrected chi connectivity index (χ0v) is 12.7. The summed E-state index contributed by atoms with van der Waals surface area (Å²) < 4.78 is 1.04. The molecule has 0 spiro atoms.